The highest BCUT2D eigenvalue weighted by molar-refractivity contribution is 6.04. The molecule has 18 heteroatoms. The van der Waals surface area contributed by atoms with Crippen LogP contribution in [0.3, 0.4) is 0 Å². The number of carbonyl (C=O) groups excluding carboxylic acids is 2. The van der Waals surface area contributed by atoms with Gasteiger partial charge in [-0.25, -0.2) is 18.6 Å². The molecule has 2 aromatic carbocycles. The number of carbonyl (C=O) groups is 2. The highest BCUT2D eigenvalue weighted by atomic mass is 19.4. The van der Waals surface area contributed by atoms with Gasteiger partial charge in [-0.3, -0.25) is 19.5 Å². The summed E-state index contributed by atoms with van der Waals surface area (Å²) in [7, 11) is 1.64. The van der Waals surface area contributed by atoms with Crippen molar-refractivity contribution in [2.24, 2.45) is 13.0 Å². The highest BCUT2D eigenvalue weighted by Crippen LogP contribution is 2.68. The number of nitrogens with one attached hydrogen (secondary N) is 3. The first kappa shape index (κ1) is 38.9. The number of fused-ring (bicyclic) bond motifs is 4. The molecule has 0 aliphatic heterocycles. The SMILES string of the molecule is Cn1nc(NC(=O)NC2CC2)c2cccc(-c3ccc(C#CC(C)(C)O)nc3C(Cc3cc(F)cc(F)c3)NC(=O)Cn3nc(C(F)(F)F)c4c3C(F)(F)[C@@H]3C[C@H]43)c21. The van der Waals surface area contributed by atoms with Crippen LogP contribution in [0.4, 0.5) is 41.3 Å². The Morgan fingerprint density at radius 2 is 1.76 bits per heavy atom. The van der Waals surface area contributed by atoms with Crippen molar-refractivity contribution in [3.8, 4) is 23.0 Å². The predicted octanol–water partition coefficient (Wildman–Crippen LogP) is 6.84. The summed E-state index contributed by atoms with van der Waals surface area (Å²) in [6.45, 7) is 1.84. The van der Waals surface area contributed by atoms with Crippen molar-refractivity contribution in [2.75, 3.05) is 5.32 Å². The molecule has 2 fully saturated rings. The molecule has 4 N–H and O–H groups in total. The number of pyridine rings is 1. The average molecular weight is 809 g/mol. The monoisotopic (exact) mass is 808 g/mol. The number of benzene rings is 2. The van der Waals surface area contributed by atoms with E-state index in [0.717, 1.165) is 25.0 Å². The average Bonchev–Trinajstić information content (AvgIpc) is 4.03. The van der Waals surface area contributed by atoms with Gasteiger partial charge in [-0.15, -0.1) is 0 Å². The molecule has 0 radical (unpaired) electrons. The lowest BCUT2D eigenvalue weighted by Crippen LogP contribution is -2.35. The fourth-order valence-corrected chi connectivity index (χ4v) is 7.61. The minimum atomic E-state index is -5.06. The van der Waals surface area contributed by atoms with Gasteiger partial charge >= 0.3 is 12.2 Å². The Balaban J connectivity index is 1.24. The van der Waals surface area contributed by atoms with Crippen LogP contribution in [0.2, 0.25) is 0 Å². The van der Waals surface area contributed by atoms with Crippen LogP contribution in [0, 0.1) is 29.4 Å². The first-order chi connectivity index (χ1) is 27.3. The number of amides is 3. The lowest BCUT2D eigenvalue weighted by Gasteiger charge is -2.23. The maximum atomic E-state index is 15.4. The molecule has 3 amide bonds. The smallest absolute Gasteiger partial charge is 0.378 e. The minimum Gasteiger partial charge on any atom is -0.378 e. The van der Waals surface area contributed by atoms with E-state index >= 15 is 8.78 Å². The summed E-state index contributed by atoms with van der Waals surface area (Å²) < 4.78 is 104. The maximum Gasteiger partial charge on any atom is 0.435 e. The topological polar surface area (TPSA) is 139 Å². The Hall–Kier alpha value is -5.96. The molecule has 3 atom stereocenters. The second-order valence-electron chi connectivity index (χ2n) is 15.4. The van der Waals surface area contributed by atoms with E-state index in [1.165, 1.54) is 24.6 Å². The number of rotatable bonds is 9. The molecular formula is C40H35F7N8O3. The van der Waals surface area contributed by atoms with E-state index in [0.29, 0.717) is 32.8 Å². The molecule has 0 bridgehead atoms. The van der Waals surface area contributed by atoms with Gasteiger partial charge in [0.2, 0.25) is 5.91 Å². The summed E-state index contributed by atoms with van der Waals surface area (Å²) in [6, 6.07) is 9.26. The third-order valence-corrected chi connectivity index (χ3v) is 10.2. The number of hydrogen-bond acceptors (Lipinski definition) is 6. The molecule has 1 unspecified atom stereocenters. The second kappa shape index (κ2) is 13.9. The van der Waals surface area contributed by atoms with Gasteiger partial charge in [0.15, 0.2) is 11.5 Å². The van der Waals surface area contributed by atoms with E-state index in [-0.39, 0.29) is 41.7 Å². The molecule has 3 aromatic heterocycles. The van der Waals surface area contributed by atoms with Crippen LogP contribution in [-0.4, -0.2) is 53.2 Å². The standard InChI is InChI=1S/C40H35F7N8O3/c1-38(2,58)12-11-23-9-10-24(25-5-4-6-26-33(25)54(3)53-36(26)51-37(57)49-22-7-8-22)32(48-23)29(15-19-13-20(41)16-21(42)14-19)50-30(56)18-55-35-31(34(52-55)40(45,46)47)27-17-28(27)39(35,43)44/h4-6,9-10,13-14,16,22,27-29,58H,7-8,15,17-18H2,1-3H3,(H,50,56)(H2,49,51,53,57)/t27-,28+,29?/m0/s1. The van der Waals surface area contributed by atoms with E-state index < -0.39 is 82.6 Å². The Labute approximate surface area is 326 Å². The highest BCUT2D eigenvalue weighted by Gasteiger charge is 2.68. The zero-order chi connectivity index (χ0) is 41.5. The Morgan fingerprint density at radius 1 is 1.03 bits per heavy atom. The van der Waals surface area contributed by atoms with E-state index in [1.54, 1.807) is 31.3 Å². The molecule has 3 aliphatic rings. The van der Waals surface area contributed by atoms with Crippen molar-refractivity contribution >= 4 is 28.7 Å². The van der Waals surface area contributed by atoms with Crippen molar-refractivity contribution in [1.82, 2.24) is 35.2 Å². The number of aromatic nitrogens is 5. The van der Waals surface area contributed by atoms with Crippen LogP contribution in [0.1, 0.15) is 79.0 Å². The van der Waals surface area contributed by atoms with Crippen LogP contribution < -0.4 is 16.0 Å². The zero-order valence-electron chi connectivity index (χ0n) is 31.1. The van der Waals surface area contributed by atoms with Gasteiger partial charge in [-0.2, -0.15) is 32.1 Å². The van der Waals surface area contributed by atoms with Crippen molar-refractivity contribution < 1.29 is 45.4 Å². The molecule has 3 aliphatic carbocycles. The fraction of sp³-hybridized carbons (Fsp3) is 0.375. The van der Waals surface area contributed by atoms with Crippen molar-refractivity contribution in [3.05, 3.63) is 94.1 Å². The maximum absolute atomic E-state index is 15.4. The number of aliphatic hydroxyl groups is 1. The van der Waals surface area contributed by atoms with Crippen LogP contribution in [-0.2, 0) is 36.9 Å². The van der Waals surface area contributed by atoms with Gasteiger partial charge < -0.3 is 15.7 Å². The van der Waals surface area contributed by atoms with Gasteiger partial charge in [0.1, 0.15) is 35.2 Å². The quantitative estimate of drug-likeness (QED) is 0.0951. The number of aryl methyl sites for hydroxylation is 1. The molecule has 302 valence electrons. The van der Waals surface area contributed by atoms with Gasteiger partial charge in [-0.1, -0.05) is 18.1 Å². The molecule has 2 saturated carbocycles. The Bertz CT molecular complexity index is 2540. The number of para-hydroxylation sites is 1. The predicted molar refractivity (Wildman–Crippen MR) is 195 cm³/mol. The number of hydrogen-bond donors (Lipinski definition) is 4. The first-order valence-electron chi connectivity index (χ1n) is 18.4. The normalized spacial score (nSPS) is 18.5. The van der Waals surface area contributed by atoms with Crippen LogP contribution >= 0.6 is 0 Å². The van der Waals surface area contributed by atoms with Gasteiger partial charge in [0.25, 0.3) is 5.92 Å². The molecule has 58 heavy (non-hydrogen) atoms. The fourth-order valence-electron chi connectivity index (χ4n) is 7.61. The van der Waals surface area contributed by atoms with E-state index in [4.69, 9.17) is 4.98 Å². The molecule has 3 heterocycles. The van der Waals surface area contributed by atoms with E-state index in [9.17, 15) is 36.6 Å². The van der Waals surface area contributed by atoms with Crippen LogP contribution in [0.25, 0.3) is 22.0 Å². The number of alkyl halides is 5. The largest absolute Gasteiger partial charge is 0.435 e. The number of anilines is 1. The lowest BCUT2D eigenvalue weighted by atomic mass is 9.93. The molecule has 0 spiro atoms. The summed E-state index contributed by atoms with van der Waals surface area (Å²) in [5.74, 6) is -3.28. The van der Waals surface area contributed by atoms with Gasteiger partial charge in [0.05, 0.1) is 17.3 Å². The van der Waals surface area contributed by atoms with E-state index in [2.05, 4.69) is 38.0 Å². The second-order valence-corrected chi connectivity index (χ2v) is 15.4. The molecule has 5 aromatic rings. The summed E-state index contributed by atoms with van der Waals surface area (Å²) in [4.78, 5) is 31.4. The third-order valence-electron chi connectivity index (χ3n) is 10.2. The molecule has 8 rings (SSSR count). The summed E-state index contributed by atoms with van der Waals surface area (Å²) in [5.41, 5.74) is -3.02. The first-order valence-corrected chi connectivity index (χ1v) is 18.4. The number of nitrogens with zero attached hydrogens (tertiary/aromatic N) is 5. The summed E-state index contributed by atoms with van der Waals surface area (Å²) in [6.07, 6.45) is -3.82. The zero-order valence-corrected chi connectivity index (χ0v) is 31.1. The van der Waals surface area contributed by atoms with E-state index in [1.807, 2.05) is 0 Å². The van der Waals surface area contributed by atoms with Gasteiger partial charge in [0, 0.05) is 47.2 Å². The summed E-state index contributed by atoms with van der Waals surface area (Å²) >= 11 is 0. The van der Waals surface area contributed by atoms with Crippen LogP contribution in [0.15, 0.2) is 48.5 Å². The van der Waals surface area contributed by atoms with Gasteiger partial charge in [-0.05, 0) is 87.3 Å². The molecular weight excluding hydrogens is 773 g/mol. The summed E-state index contributed by atoms with van der Waals surface area (Å²) in [5, 5.41) is 27.1. The third kappa shape index (κ3) is 7.58. The van der Waals surface area contributed by atoms with Crippen molar-refractivity contribution in [2.45, 2.75) is 81.8 Å². The Kier molecular flexibility index (Phi) is 9.29. The number of urea groups is 1. The minimum absolute atomic E-state index is 0.0430. The lowest BCUT2D eigenvalue weighted by molar-refractivity contribution is -0.142. The molecule has 0 saturated heterocycles. The number of halogens is 7. The van der Waals surface area contributed by atoms with Crippen molar-refractivity contribution in [1.29, 1.82) is 0 Å². The van der Waals surface area contributed by atoms with Crippen molar-refractivity contribution in [3.63, 3.8) is 0 Å². The van der Waals surface area contributed by atoms with Crippen LogP contribution in [0.5, 0.6) is 0 Å². The Morgan fingerprint density at radius 3 is 2.43 bits per heavy atom. The molecule has 11 nitrogen and oxygen atoms in total.